The van der Waals surface area contributed by atoms with Gasteiger partial charge in [-0.2, -0.15) is 8.42 Å². The van der Waals surface area contributed by atoms with Gasteiger partial charge in [0, 0.05) is 12.3 Å². The standard InChI is InChI=1S/C32H52O8S/c1-19(18-39-41(36,37)38)21-10-15-32(27(34)35)17-16-30(6)22(26(21)32)8-9-24-29(5)13-12-25(40-20(2)33)28(3,4)23(29)11-14-31(24,30)7/h19,21-26H,8-18H2,1-7H3,(H,34,35)(H,36,37,38)/t19?,21-,22?,23?,24?,25+,26?,29-,30+,31+,32-/m0/s1. The number of ether oxygens (including phenoxy) is 1. The first kappa shape index (κ1) is 31.2. The van der Waals surface area contributed by atoms with Crippen molar-refractivity contribution >= 4 is 22.3 Å². The predicted octanol–water partition coefficient (Wildman–Crippen LogP) is 6.54. The van der Waals surface area contributed by atoms with Gasteiger partial charge in [-0.05, 0) is 116 Å². The van der Waals surface area contributed by atoms with Crippen LogP contribution in [-0.2, 0) is 28.9 Å². The highest BCUT2D eigenvalue weighted by Gasteiger charge is 2.72. The van der Waals surface area contributed by atoms with E-state index in [4.69, 9.17) is 8.92 Å². The number of carbonyl (C=O) groups is 2. The van der Waals surface area contributed by atoms with Gasteiger partial charge < -0.3 is 9.84 Å². The molecule has 0 heterocycles. The van der Waals surface area contributed by atoms with Crippen LogP contribution in [0.5, 0.6) is 0 Å². The Hall–Kier alpha value is -1.19. The summed E-state index contributed by atoms with van der Waals surface area (Å²) >= 11 is 0. The van der Waals surface area contributed by atoms with Crippen molar-refractivity contribution < 1.29 is 36.6 Å². The zero-order chi connectivity index (χ0) is 30.4. The van der Waals surface area contributed by atoms with E-state index in [0.29, 0.717) is 24.7 Å². The molecule has 5 saturated carbocycles. The van der Waals surface area contributed by atoms with Crippen molar-refractivity contribution in [3.63, 3.8) is 0 Å². The van der Waals surface area contributed by atoms with Gasteiger partial charge in [0.2, 0.25) is 0 Å². The van der Waals surface area contributed by atoms with Crippen LogP contribution in [0.2, 0.25) is 0 Å². The summed E-state index contributed by atoms with van der Waals surface area (Å²) in [5, 5.41) is 10.7. The van der Waals surface area contributed by atoms with Crippen LogP contribution in [0.4, 0.5) is 0 Å². The highest BCUT2D eigenvalue weighted by atomic mass is 32.3. The highest BCUT2D eigenvalue weighted by molar-refractivity contribution is 7.80. The fourth-order valence-corrected chi connectivity index (χ4v) is 12.7. The molecule has 5 aliphatic rings. The number of carboxylic acids is 1. The fourth-order valence-electron chi connectivity index (χ4n) is 12.4. The lowest BCUT2D eigenvalue weighted by molar-refractivity contribution is -0.251. The fraction of sp³-hybridized carbons (Fsp3) is 0.938. The lowest BCUT2D eigenvalue weighted by Gasteiger charge is -2.72. The smallest absolute Gasteiger partial charge is 0.397 e. The molecule has 0 amide bonds. The van der Waals surface area contributed by atoms with Crippen LogP contribution in [0, 0.1) is 62.6 Å². The molecule has 5 fully saturated rings. The van der Waals surface area contributed by atoms with E-state index in [1.165, 1.54) is 6.92 Å². The Morgan fingerprint density at radius 3 is 2.17 bits per heavy atom. The van der Waals surface area contributed by atoms with Gasteiger partial charge in [-0.3, -0.25) is 14.1 Å². The maximum Gasteiger partial charge on any atom is 0.397 e. The second-order valence-corrected chi connectivity index (χ2v) is 17.1. The lowest BCUT2D eigenvalue weighted by Crippen LogP contribution is -2.67. The lowest BCUT2D eigenvalue weighted by atomic mass is 9.32. The van der Waals surface area contributed by atoms with Crippen molar-refractivity contribution in [2.75, 3.05) is 6.61 Å². The third kappa shape index (κ3) is 4.52. The molecule has 2 N–H and O–H groups in total. The Morgan fingerprint density at radius 2 is 1.56 bits per heavy atom. The molecule has 11 atom stereocenters. The molecule has 0 aromatic rings. The Labute approximate surface area is 246 Å². The molecule has 8 nitrogen and oxygen atoms in total. The molecule has 0 aromatic heterocycles. The van der Waals surface area contributed by atoms with Crippen molar-refractivity contribution in [2.24, 2.45) is 62.6 Å². The monoisotopic (exact) mass is 596 g/mol. The van der Waals surface area contributed by atoms with Crippen LogP contribution in [0.15, 0.2) is 0 Å². The number of fused-ring (bicyclic) bond motifs is 7. The molecule has 5 rings (SSSR count). The number of aliphatic carboxylic acids is 1. The topological polar surface area (TPSA) is 127 Å². The molecule has 9 heteroatoms. The Balaban J connectivity index is 1.49. The summed E-state index contributed by atoms with van der Waals surface area (Å²) in [7, 11) is -4.55. The summed E-state index contributed by atoms with van der Waals surface area (Å²) in [6, 6.07) is 0. The minimum absolute atomic E-state index is 0.0302. The van der Waals surface area contributed by atoms with E-state index in [1.54, 1.807) is 0 Å². The number of hydrogen-bond acceptors (Lipinski definition) is 6. The highest BCUT2D eigenvalue weighted by Crippen LogP contribution is 2.77. The molecule has 41 heavy (non-hydrogen) atoms. The third-order valence-corrected chi connectivity index (χ3v) is 14.8. The van der Waals surface area contributed by atoms with Crippen LogP contribution in [0.1, 0.15) is 113 Å². The summed E-state index contributed by atoms with van der Waals surface area (Å²) in [6.07, 6.45) is 8.97. The van der Waals surface area contributed by atoms with E-state index in [0.717, 1.165) is 51.4 Å². The number of rotatable bonds is 6. The van der Waals surface area contributed by atoms with Gasteiger partial charge in [-0.1, -0.05) is 41.5 Å². The first-order chi connectivity index (χ1) is 18.8. The first-order valence-electron chi connectivity index (χ1n) is 15.9. The number of hydrogen-bond donors (Lipinski definition) is 2. The summed E-state index contributed by atoms with van der Waals surface area (Å²) in [5.74, 6) is 0.0902. The summed E-state index contributed by atoms with van der Waals surface area (Å²) in [6.45, 7) is 15.4. The minimum Gasteiger partial charge on any atom is -0.481 e. The van der Waals surface area contributed by atoms with Crippen molar-refractivity contribution in [3.8, 4) is 0 Å². The van der Waals surface area contributed by atoms with Crippen molar-refractivity contribution in [1.82, 2.24) is 0 Å². The molecule has 0 saturated heterocycles. The zero-order valence-corrected chi connectivity index (χ0v) is 26.9. The molecule has 0 spiro atoms. The summed E-state index contributed by atoms with van der Waals surface area (Å²) in [5.41, 5.74) is -0.750. The van der Waals surface area contributed by atoms with Gasteiger partial charge in [-0.25, -0.2) is 4.18 Å². The molecule has 0 aromatic carbocycles. The molecule has 0 bridgehead atoms. The Kier molecular flexibility index (Phi) is 7.55. The van der Waals surface area contributed by atoms with Crippen LogP contribution < -0.4 is 0 Å². The van der Waals surface area contributed by atoms with Gasteiger partial charge in [0.25, 0.3) is 0 Å². The molecule has 0 aliphatic heterocycles. The van der Waals surface area contributed by atoms with Gasteiger partial charge >= 0.3 is 22.3 Å². The van der Waals surface area contributed by atoms with Crippen LogP contribution in [0.3, 0.4) is 0 Å². The minimum atomic E-state index is -4.55. The Morgan fingerprint density at radius 1 is 0.878 bits per heavy atom. The molecule has 5 aliphatic carbocycles. The van der Waals surface area contributed by atoms with E-state index in [-0.39, 0.29) is 64.0 Å². The molecule has 0 radical (unpaired) electrons. The predicted molar refractivity (Wildman–Crippen MR) is 154 cm³/mol. The van der Waals surface area contributed by atoms with E-state index in [9.17, 15) is 27.7 Å². The number of carbonyl (C=O) groups excluding carboxylic acids is 1. The first-order valence-corrected chi connectivity index (χ1v) is 17.2. The quantitative estimate of drug-likeness (QED) is 0.261. The molecule has 234 valence electrons. The van der Waals surface area contributed by atoms with Crippen molar-refractivity contribution in [3.05, 3.63) is 0 Å². The maximum atomic E-state index is 13.0. The van der Waals surface area contributed by atoms with E-state index in [2.05, 4.69) is 34.6 Å². The van der Waals surface area contributed by atoms with E-state index >= 15 is 0 Å². The summed E-state index contributed by atoms with van der Waals surface area (Å²) < 4.78 is 42.6. The van der Waals surface area contributed by atoms with Gasteiger partial charge in [0.05, 0.1) is 12.0 Å². The number of esters is 1. The van der Waals surface area contributed by atoms with E-state index < -0.39 is 21.8 Å². The van der Waals surface area contributed by atoms with Crippen molar-refractivity contribution in [1.29, 1.82) is 0 Å². The number of carboxylic acid groups (broad SMARTS) is 1. The second-order valence-electron chi connectivity index (χ2n) is 16.0. The molecular weight excluding hydrogens is 544 g/mol. The van der Waals surface area contributed by atoms with Gasteiger partial charge in [-0.15, -0.1) is 0 Å². The SMILES string of the molecule is CC(=O)O[C@@H]1CC[C@@]2(C)C(CC[C@]3(C)C2CCC2C4[C@H](C(C)COS(=O)(=O)O)CC[C@]4(C(=O)O)CC[C@]23C)C1(C)C. The average Bonchev–Trinajstić information content (AvgIpc) is 3.25. The average molecular weight is 597 g/mol. The van der Waals surface area contributed by atoms with Crippen LogP contribution in [0.25, 0.3) is 0 Å². The maximum absolute atomic E-state index is 13.0. The van der Waals surface area contributed by atoms with Crippen LogP contribution >= 0.6 is 0 Å². The van der Waals surface area contributed by atoms with Gasteiger partial charge in [0.1, 0.15) is 6.10 Å². The summed E-state index contributed by atoms with van der Waals surface area (Å²) in [4.78, 5) is 24.9. The Bertz CT molecular complexity index is 1180. The van der Waals surface area contributed by atoms with E-state index in [1.807, 2.05) is 6.92 Å². The largest absolute Gasteiger partial charge is 0.481 e. The van der Waals surface area contributed by atoms with Gasteiger partial charge in [0.15, 0.2) is 0 Å². The normalized spacial score (nSPS) is 47.7. The molecular formula is C32H52O8S. The third-order valence-electron chi connectivity index (χ3n) is 14.4. The van der Waals surface area contributed by atoms with Crippen molar-refractivity contribution in [2.45, 2.75) is 119 Å². The second kappa shape index (κ2) is 9.91. The zero-order valence-electron chi connectivity index (χ0n) is 26.1. The van der Waals surface area contributed by atoms with Crippen LogP contribution in [-0.4, -0.2) is 42.7 Å². The molecule has 5 unspecified atom stereocenters.